The maximum Gasteiger partial charge on any atom is 0.229 e. The molecule has 2 aliphatic rings. The summed E-state index contributed by atoms with van der Waals surface area (Å²) in [6.07, 6.45) is 5.76. The molecule has 1 atom stereocenters. The van der Waals surface area contributed by atoms with Gasteiger partial charge in [0, 0.05) is 24.8 Å². The van der Waals surface area contributed by atoms with Crippen LogP contribution in [0.2, 0.25) is 0 Å². The number of rotatable bonds is 3. The monoisotopic (exact) mass is 372 g/mol. The van der Waals surface area contributed by atoms with Crippen LogP contribution in [0.5, 0.6) is 0 Å². The molecule has 1 spiro atoms. The minimum absolute atomic E-state index is 0.133. The zero-order valence-corrected chi connectivity index (χ0v) is 14.9. The Hall–Kier alpha value is -1.54. The Morgan fingerprint density at radius 3 is 2.48 bits per heavy atom. The lowest BCUT2D eigenvalue weighted by molar-refractivity contribution is -0.123. The van der Waals surface area contributed by atoms with Gasteiger partial charge in [-0.05, 0) is 30.4 Å². The first-order valence-electron chi connectivity index (χ1n) is 8.42. The second-order valence-electron chi connectivity index (χ2n) is 7.15. The van der Waals surface area contributed by atoms with Gasteiger partial charge in [-0.2, -0.15) is 0 Å². The molecule has 0 aromatic heterocycles. The molecule has 1 aromatic carbocycles. The Bertz CT molecular complexity index is 776. The van der Waals surface area contributed by atoms with Crippen LogP contribution in [0.1, 0.15) is 32.1 Å². The minimum atomic E-state index is -3.39. The molecule has 0 radical (unpaired) electrons. The van der Waals surface area contributed by atoms with E-state index in [1.54, 1.807) is 0 Å². The molecular weight excluding hydrogens is 350 g/mol. The van der Waals surface area contributed by atoms with Gasteiger partial charge in [-0.15, -0.1) is 0 Å². The van der Waals surface area contributed by atoms with Gasteiger partial charge in [-0.3, -0.25) is 4.79 Å². The highest BCUT2D eigenvalue weighted by Gasteiger charge is 2.52. The second-order valence-corrected chi connectivity index (χ2v) is 9.13. The molecule has 0 bridgehead atoms. The summed E-state index contributed by atoms with van der Waals surface area (Å²) < 4.78 is 51.7. The third-order valence-electron chi connectivity index (χ3n) is 5.44. The topological polar surface area (TPSA) is 66.5 Å². The van der Waals surface area contributed by atoms with Gasteiger partial charge in [0.05, 0.1) is 12.2 Å². The summed E-state index contributed by atoms with van der Waals surface area (Å²) in [5.41, 5.74) is -0.197. The number of sulfonamides is 1. The van der Waals surface area contributed by atoms with E-state index in [4.69, 9.17) is 0 Å². The van der Waals surface area contributed by atoms with Crippen molar-refractivity contribution in [3.05, 3.63) is 29.8 Å². The average molecular weight is 372 g/mol. The fraction of sp³-hybridized carbons (Fsp3) is 0.588. The van der Waals surface area contributed by atoms with E-state index < -0.39 is 27.6 Å². The highest BCUT2D eigenvalue weighted by Crippen LogP contribution is 2.48. The lowest BCUT2D eigenvalue weighted by Crippen LogP contribution is -2.39. The van der Waals surface area contributed by atoms with Gasteiger partial charge in [0.25, 0.3) is 0 Å². The maximum absolute atomic E-state index is 13.4. The fourth-order valence-corrected chi connectivity index (χ4v) is 5.01. The fourth-order valence-electron chi connectivity index (χ4n) is 4.10. The largest absolute Gasteiger partial charge is 0.326 e. The van der Waals surface area contributed by atoms with Crippen molar-refractivity contribution in [3.63, 3.8) is 0 Å². The second kappa shape index (κ2) is 6.64. The van der Waals surface area contributed by atoms with E-state index in [1.165, 1.54) is 10.4 Å². The molecule has 1 aromatic rings. The van der Waals surface area contributed by atoms with Crippen molar-refractivity contribution in [1.29, 1.82) is 0 Å². The molecule has 25 heavy (non-hydrogen) atoms. The van der Waals surface area contributed by atoms with Crippen LogP contribution in [0, 0.1) is 23.0 Å². The third kappa shape index (κ3) is 3.69. The average Bonchev–Trinajstić information content (AvgIpc) is 2.91. The Labute approximate surface area is 146 Å². The van der Waals surface area contributed by atoms with Crippen LogP contribution in [0.3, 0.4) is 0 Å². The smallest absolute Gasteiger partial charge is 0.229 e. The molecule has 1 amide bonds. The van der Waals surface area contributed by atoms with E-state index in [1.807, 2.05) is 0 Å². The Kier molecular flexibility index (Phi) is 4.85. The predicted molar refractivity (Wildman–Crippen MR) is 90.4 cm³/mol. The number of carbonyl (C=O) groups is 1. The first kappa shape index (κ1) is 18.3. The van der Waals surface area contributed by atoms with Crippen molar-refractivity contribution in [2.75, 3.05) is 24.7 Å². The van der Waals surface area contributed by atoms with E-state index in [0.29, 0.717) is 6.54 Å². The van der Waals surface area contributed by atoms with Gasteiger partial charge in [-0.1, -0.05) is 19.3 Å². The van der Waals surface area contributed by atoms with Gasteiger partial charge < -0.3 is 5.32 Å². The molecule has 1 N–H and O–H groups in total. The molecular formula is C17H22F2N2O3S. The molecule has 2 fully saturated rings. The van der Waals surface area contributed by atoms with Crippen molar-refractivity contribution >= 4 is 21.6 Å². The number of nitrogens with zero attached hydrogens (tertiary/aromatic N) is 1. The minimum Gasteiger partial charge on any atom is -0.326 e. The molecule has 8 heteroatoms. The number of hydrogen-bond donors (Lipinski definition) is 1. The van der Waals surface area contributed by atoms with E-state index in [-0.39, 0.29) is 23.6 Å². The van der Waals surface area contributed by atoms with Crippen molar-refractivity contribution in [1.82, 2.24) is 4.31 Å². The van der Waals surface area contributed by atoms with Crippen molar-refractivity contribution in [2.45, 2.75) is 32.1 Å². The first-order valence-corrected chi connectivity index (χ1v) is 10.3. The Balaban J connectivity index is 1.84. The summed E-state index contributed by atoms with van der Waals surface area (Å²) >= 11 is 0. The number of hydrogen-bond acceptors (Lipinski definition) is 3. The SMILES string of the molecule is CS(=O)(=O)N1C[C@@H](C(=O)Nc2ccc(F)c(F)c2)C2(CCCCC2)C1. The normalized spacial score (nSPS) is 23.7. The van der Waals surface area contributed by atoms with Gasteiger partial charge in [0.1, 0.15) is 0 Å². The van der Waals surface area contributed by atoms with Crippen LogP contribution in [0.4, 0.5) is 14.5 Å². The molecule has 3 rings (SSSR count). The van der Waals surface area contributed by atoms with Crippen LogP contribution in [-0.2, 0) is 14.8 Å². The Morgan fingerprint density at radius 1 is 1.20 bits per heavy atom. The molecule has 0 unspecified atom stereocenters. The molecule has 138 valence electrons. The molecule has 1 saturated heterocycles. The third-order valence-corrected chi connectivity index (χ3v) is 6.65. The highest BCUT2D eigenvalue weighted by atomic mass is 32.2. The van der Waals surface area contributed by atoms with Gasteiger partial charge in [-0.25, -0.2) is 21.5 Å². The number of nitrogens with one attached hydrogen (secondary N) is 1. The molecule has 1 aliphatic carbocycles. The van der Waals surface area contributed by atoms with Crippen LogP contribution in [-0.4, -0.2) is 38.0 Å². The number of anilines is 1. The summed E-state index contributed by atoms with van der Waals surface area (Å²) in [5.74, 6) is -2.84. The van der Waals surface area contributed by atoms with Crippen LogP contribution >= 0.6 is 0 Å². The molecule has 1 heterocycles. The van der Waals surface area contributed by atoms with Gasteiger partial charge >= 0.3 is 0 Å². The summed E-state index contributed by atoms with van der Waals surface area (Å²) in [7, 11) is -3.39. The maximum atomic E-state index is 13.4. The number of amides is 1. The first-order chi connectivity index (χ1) is 11.7. The van der Waals surface area contributed by atoms with Crippen molar-refractivity contribution in [3.8, 4) is 0 Å². The van der Waals surface area contributed by atoms with Crippen molar-refractivity contribution in [2.24, 2.45) is 11.3 Å². The summed E-state index contributed by atoms with van der Waals surface area (Å²) in [4.78, 5) is 12.8. The van der Waals surface area contributed by atoms with Crippen molar-refractivity contribution < 1.29 is 22.0 Å². The molecule has 1 saturated carbocycles. The van der Waals surface area contributed by atoms with Gasteiger partial charge in [0.15, 0.2) is 11.6 Å². The van der Waals surface area contributed by atoms with Crippen LogP contribution in [0.15, 0.2) is 18.2 Å². The van der Waals surface area contributed by atoms with E-state index in [9.17, 15) is 22.0 Å². The van der Waals surface area contributed by atoms with Gasteiger partial charge in [0.2, 0.25) is 15.9 Å². The molecule has 1 aliphatic heterocycles. The number of halogens is 2. The van der Waals surface area contributed by atoms with E-state index in [0.717, 1.165) is 50.5 Å². The number of benzene rings is 1. The zero-order chi connectivity index (χ0) is 18.2. The van der Waals surface area contributed by atoms with E-state index in [2.05, 4.69) is 5.32 Å². The summed E-state index contributed by atoms with van der Waals surface area (Å²) in [6.45, 7) is 0.482. The quantitative estimate of drug-likeness (QED) is 0.887. The lowest BCUT2D eigenvalue weighted by Gasteiger charge is -2.37. The predicted octanol–water partition coefficient (Wildman–Crippen LogP) is 2.75. The lowest BCUT2D eigenvalue weighted by atomic mass is 9.67. The summed E-state index contributed by atoms with van der Waals surface area (Å²) in [5, 5.41) is 2.63. The zero-order valence-electron chi connectivity index (χ0n) is 14.1. The van der Waals surface area contributed by atoms with Crippen LogP contribution in [0.25, 0.3) is 0 Å². The standard InChI is InChI=1S/C17H22F2N2O3S/c1-25(23,24)21-10-13(17(11-21)7-3-2-4-8-17)16(22)20-12-5-6-14(18)15(19)9-12/h5-6,9,13H,2-4,7-8,10-11H2,1H3,(H,20,22)/t13-/m0/s1. The molecule has 5 nitrogen and oxygen atoms in total. The highest BCUT2D eigenvalue weighted by molar-refractivity contribution is 7.88. The Morgan fingerprint density at radius 2 is 1.88 bits per heavy atom. The number of carbonyl (C=O) groups excluding carboxylic acids is 1. The summed E-state index contributed by atoms with van der Waals surface area (Å²) in [6, 6.07) is 3.19. The van der Waals surface area contributed by atoms with Crippen LogP contribution < -0.4 is 5.32 Å². The van der Waals surface area contributed by atoms with E-state index >= 15 is 0 Å².